The molecule has 2 N–H and O–H groups in total. The summed E-state index contributed by atoms with van der Waals surface area (Å²) in [5.41, 5.74) is 1.40. The molecule has 19 heavy (non-hydrogen) atoms. The molecule has 0 fully saturated rings. The van der Waals surface area contributed by atoms with Gasteiger partial charge in [-0.3, -0.25) is 9.59 Å². The standard InChI is InChI=1S/C15H18N2O2/c1-11(18)16-13-8-5-9-14(10-13)17-15(19)12-6-3-2-4-7-12/h2-3,5,8-10,12H,4,6-7H2,1H3,(H,16,18)(H,17,19)/t12-/m1/s1. The van der Waals surface area contributed by atoms with E-state index in [4.69, 9.17) is 0 Å². The van der Waals surface area contributed by atoms with E-state index in [0.29, 0.717) is 11.4 Å². The lowest BCUT2D eigenvalue weighted by molar-refractivity contribution is -0.120. The van der Waals surface area contributed by atoms with Gasteiger partial charge in [-0.15, -0.1) is 0 Å². The predicted octanol–water partition coefficient (Wildman–Crippen LogP) is 2.94. The van der Waals surface area contributed by atoms with Crippen LogP contribution >= 0.6 is 0 Å². The molecule has 1 aliphatic carbocycles. The molecule has 4 nitrogen and oxygen atoms in total. The molecular formula is C15H18N2O2. The fourth-order valence-electron chi connectivity index (χ4n) is 2.15. The molecule has 2 amide bonds. The number of carbonyl (C=O) groups is 2. The maximum atomic E-state index is 12.1. The number of benzene rings is 1. The Morgan fingerprint density at radius 1 is 1.16 bits per heavy atom. The molecule has 0 radical (unpaired) electrons. The van der Waals surface area contributed by atoms with Gasteiger partial charge in [-0.05, 0) is 37.5 Å². The summed E-state index contributed by atoms with van der Waals surface area (Å²) >= 11 is 0. The van der Waals surface area contributed by atoms with Crippen LogP contribution in [0.3, 0.4) is 0 Å². The topological polar surface area (TPSA) is 58.2 Å². The molecule has 1 aliphatic rings. The lowest BCUT2D eigenvalue weighted by Gasteiger charge is -2.17. The van der Waals surface area contributed by atoms with Crippen molar-refractivity contribution in [2.45, 2.75) is 26.2 Å². The number of hydrogen-bond donors (Lipinski definition) is 2. The van der Waals surface area contributed by atoms with E-state index < -0.39 is 0 Å². The Morgan fingerprint density at radius 3 is 2.53 bits per heavy atom. The van der Waals surface area contributed by atoms with Crippen LogP contribution in [0.1, 0.15) is 26.2 Å². The van der Waals surface area contributed by atoms with Gasteiger partial charge in [0.1, 0.15) is 0 Å². The first-order valence-electron chi connectivity index (χ1n) is 6.48. The monoisotopic (exact) mass is 258 g/mol. The van der Waals surface area contributed by atoms with Gasteiger partial charge in [0.15, 0.2) is 0 Å². The highest BCUT2D eigenvalue weighted by Gasteiger charge is 2.18. The largest absolute Gasteiger partial charge is 0.326 e. The Kier molecular flexibility index (Phi) is 4.34. The molecule has 1 aromatic carbocycles. The SMILES string of the molecule is CC(=O)Nc1cccc(NC(=O)[C@@H]2CC=CCC2)c1. The van der Waals surface area contributed by atoms with Crippen molar-refractivity contribution in [3.63, 3.8) is 0 Å². The van der Waals surface area contributed by atoms with Crippen LogP contribution < -0.4 is 10.6 Å². The molecule has 0 aromatic heterocycles. The minimum absolute atomic E-state index is 0.0457. The summed E-state index contributed by atoms with van der Waals surface area (Å²) in [5, 5.41) is 5.60. The quantitative estimate of drug-likeness (QED) is 0.819. The molecule has 0 bridgehead atoms. The third-order valence-corrected chi connectivity index (χ3v) is 3.09. The van der Waals surface area contributed by atoms with Gasteiger partial charge in [-0.2, -0.15) is 0 Å². The van der Waals surface area contributed by atoms with Crippen LogP contribution in [0.2, 0.25) is 0 Å². The van der Waals surface area contributed by atoms with Gasteiger partial charge in [0, 0.05) is 24.2 Å². The van der Waals surface area contributed by atoms with E-state index in [0.717, 1.165) is 19.3 Å². The van der Waals surface area contributed by atoms with Crippen LogP contribution in [0.4, 0.5) is 11.4 Å². The van der Waals surface area contributed by atoms with Crippen LogP contribution in [0.5, 0.6) is 0 Å². The minimum atomic E-state index is -0.124. The smallest absolute Gasteiger partial charge is 0.227 e. The van der Waals surface area contributed by atoms with Gasteiger partial charge in [0.2, 0.25) is 11.8 Å². The molecule has 0 heterocycles. The number of hydrogen-bond acceptors (Lipinski definition) is 2. The van der Waals surface area contributed by atoms with Gasteiger partial charge >= 0.3 is 0 Å². The predicted molar refractivity (Wildman–Crippen MR) is 75.9 cm³/mol. The van der Waals surface area contributed by atoms with Crippen LogP contribution in [0, 0.1) is 5.92 Å². The van der Waals surface area contributed by atoms with E-state index in [9.17, 15) is 9.59 Å². The Labute approximate surface area is 112 Å². The van der Waals surface area contributed by atoms with Gasteiger partial charge in [-0.25, -0.2) is 0 Å². The molecule has 0 unspecified atom stereocenters. The molecule has 0 spiro atoms. The van der Waals surface area contributed by atoms with Crippen LogP contribution in [0.15, 0.2) is 36.4 Å². The summed E-state index contributed by atoms with van der Waals surface area (Å²) in [6.45, 7) is 1.46. The van der Waals surface area contributed by atoms with E-state index in [-0.39, 0.29) is 17.7 Å². The Morgan fingerprint density at radius 2 is 1.89 bits per heavy atom. The van der Waals surface area contributed by atoms with Gasteiger partial charge in [-0.1, -0.05) is 18.2 Å². The van der Waals surface area contributed by atoms with Crippen molar-refractivity contribution >= 4 is 23.2 Å². The molecular weight excluding hydrogens is 240 g/mol. The fraction of sp³-hybridized carbons (Fsp3) is 0.333. The van der Waals surface area contributed by atoms with Crippen LogP contribution in [0.25, 0.3) is 0 Å². The lowest BCUT2D eigenvalue weighted by Crippen LogP contribution is -2.23. The second-order valence-corrected chi connectivity index (χ2v) is 4.73. The first kappa shape index (κ1) is 13.3. The Balaban J connectivity index is 2.00. The maximum Gasteiger partial charge on any atom is 0.227 e. The summed E-state index contributed by atoms with van der Waals surface area (Å²) in [4.78, 5) is 23.1. The third-order valence-electron chi connectivity index (χ3n) is 3.09. The average Bonchev–Trinajstić information content (AvgIpc) is 2.39. The molecule has 4 heteroatoms. The normalized spacial score (nSPS) is 17.8. The van der Waals surface area contributed by atoms with Crippen molar-refractivity contribution in [1.82, 2.24) is 0 Å². The summed E-state index contributed by atoms with van der Waals surface area (Å²) < 4.78 is 0. The number of allylic oxidation sites excluding steroid dienone is 2. The number of rotatable bonds is 3. The second kappa shape index (κ2) is 6.18. The number of amides is 2. The Hall–Kier alpha value is -2.10. The van der Waals surface area contributed by atoms with Crippen LogP contribution in [-0.4, -0.2) is 11.8 Å². The number of carbonyl (C=O) groups excluding carboxylic acids is 2. The van der Waals surface area contributed by atoms with E-state index in [1.54, 1.807) is 12.1 Å². The van der Waals surface area contributed by atoms with Crippen molar-refractivity contribution in [1.29, 1.82) is 0 Å². The van der Waals surface area contributed by atoms with Gasteiger partial charge < -0.3 is 10.6 Å². The highest BCUT2D eigenvalue weighted by Crippen LogP contribution is 2.21. The zero-order valence-electron chi connectivity index (χ0n) is 11.0. The number of anilines is 2. The summed E-state index contributed by atoms with van der Waals surface area (Å²) in [6, 6.07) is 7.18. The first-order valence-corrected chi connectivity index (χ1v) is 6.48. The van der Waals surface area contributed by atoms with E-state index in [2.05, 4.69) is 22.8 Å². The maximum absolute atomic E-state index is 12.1. The molecule has 1 aromatic rings. The van der Waals surface area contributed by atoms with E-state index in [1.807, 2.05) is 12.1 Å². The summed E-state index contributed by atoms with van der Waals surface area (Å²) in [6.07, 6.45) is 6.83. The zero-order valence-corrected chi connectivity index (χ0v) is 11.0. The van der Waals surface area contributed by atoms with Crippen molar-refractivity contribution in [2.24, 2.45) is 5.92 Å². The highest BCUT2D eigenvalue weighted by atomic mass is 16.2. The van der Waals surface area contributed by atoms with E-state index in [1.165, 1.54) is 6.92 Å². The first-order chi connectivity index (χ1) is 9.15. The van der Waals surface area contributed by atoms with Crippen molar-refractivity contribution < 1.29 is 9.59 Å². The molecule has 2 rings (SSSR count). The molecule has 0 saturated heterocycles. The van der Waals surface area contributed by atoms with Crippen molar-refractivity contribution in [3.05, 3.63) is 36.4 Å². The average molecular weight is 258 g/mol. The van der Waals surface area contributed by atoms with Gasteiger partial charge in [0.25, 0.3) is 0 Å². The highest BCUT2D eigenvalue weighted by molar-refractivity contribution is 5.94. The fourth-order valence-corrected chi connectivity index (χ4v) is 2.15. The van der Waals surface area contributed by atoms with Crippen molar-refractivity contribution in [3.8, 4) is 0 Å². The molecule has 100 valence electrons. The minimum Gasteiger partial charge on any atom is -0.326 e. The van der Waals surface area contributed by atoms with E-state index >= 15 is 0 Å². The number of nitrogens with one attached hydrogen (secondary N) is 2. The zero-order chi connectivity index (χ0) is 13.7. The molecule has 0 aliphatic heterocycles. The Bertz CT molecular complexity index is 509. The summed E-state index contributed by atoms with van der Waals surface area (Å²) in [7, 11) is 0. The molecule has 1 atom stereocenters. The van der Waals surface area contributed by atoms with Crippen LogP contribution in [-0.2, 0) is 9.59 Å². The molecule has 0 saturated carbocycles. The van der Waals surface area contributed by atoms with Crippen molar-refractivity contribution in [2.75, 3.05) is 10.6 Å². The summed E-state index contributed by atoms with van der Waals surface area (Å²) in [5.74, 6) is -0.0281. The third kappa shape index (κ3) is 3.95. The second-order valence-electron chi connectivity index (χ2n) is 4.73. The van der Waals surface area contributed by atoms with Gasteiger partial charge in [0.05, 0.1) is 0 Å². The lowest BCUT2D eigenvalue weighted by atomic mass is 9.93.